The average molecular weight is 302 g/mol. The zero-order chi connectivity index (χ0) is 16.2. The van der Waals surface area contributed by atoms with Crippen molar-refractivity contribution in [1.29, 1.82) is 0 Å². The van der Waals surface area contributed by atoms with Gasteiger partial charge in [-0.3, -0.25) is 4.98 Å². The molecule has 0 spiro atoms. The van der Waals surface area contributed by atoms with Crippen molar-refractivity contribution in [1.82, 2.24) is 9.97 Å². The number of fused-ring (bicyclic) bond motifs is 1. The van der Waals surface area contributed by atoms with Crippen molar-refractivity contribution in [3.8, 4) is 23.6 Å². The number of terminal acetylenes is 1. The summed E-state index contributed by atoms with van der Waals surface area (Å²) >= 11 is 0. The zero-order valence-electron chi connectivity index (χ0n) is 12.6. The topological polar surface area (TPSA) is 52.1 Å². The fraction of sp³-hybridized carbons (Fsp3) is 0.105. The molecule has 0 aliphatic heterocycles. The van der Waals surface area contributed by atoms with Crippen molar-refractivity contribution in [3.63, 3.8) is 0 Å². The maximum atomic E-state index is 12.1. The van der Waals surface area contributed by atoms with Gasteiger partial charge in [0.25, 0.3) is 0 Å². The molecule has 0 aliphatic rings. The molecule has 0 saturated heterocycles. The van der Waals surface area contributed by atoms with E-state index in [2.05, 4.69) is 15.9 Å². The van der Waals surface area contributed by atoms with Gasteiger partial charge in [0, 0.05) is 22.7 Å². The quantitative estimate of drug-likeness (QED) is 0.549. The van der Waals surface area contributed by atoms with Crippen LogP contribution < -0.4 is 0 Å². The highest BCUT2D eigenvalue weighted by molar-refractivity contribution is 5.98. The van der Waals surface area contributed by atoms with E-state index >= 15 is 0 Å². The Morgan fingerprint density at radius 2 is 2.13 bits per heavy atom. The number of benzene rings is 1. The van der Waals surface area contributed by atoms with Gasteiger partial charge in [0.15, 0.2) is 0 Å². The Labute approximate surface area is 134 Å². The molecule has 4 heteroatoms. The minimum Gasteiger partial charge on any atom is -0.461 e. The van der Waals surface area contributed by atoms with Crippen LogP contribution in [0.1, 0.15) is 23.0 Å². The van der Waals surface area contributed by atoms with E-state index in [4.69, 9.17) is 11.2 Å². The first-order chi connectivity index (χ1) is 11.2. The van der Waals surface area contributed by atoms with E-state index < -0.39 is 5.97 Å². The van der Waals surface area contributed by atoms with E-state index in [9.17, 15) is 4.79 Å². The highest BCUT2D eigenvalue weighted by atomic mass is 16.5. The van der Waals surface area contributed by atoms with Crippen LogP contribution in [0.25, 0.3) is 22.2 Å². The lowest BCUT2D eigenvalue weighted by molar-refractivity contribution is 0.0520. The monoisotopic (exact) mass is 302 g/mol. The van der Waals surface area contributed by atoms with Gasteiger partial charge < -0.3 is 4.74 Å². The molecule has 23 heavy (non-hydrogen) atoms. The van der Waals surface area contributed by atoms with Crippen molar-refractivity contribution in [3.05, 3.63) is 59.9 Å². The summed E-state index contributed by atoms with van der Waals surface area (Å²) in [7, 11) is 0. The van der Waals surface area contributed by atoms with Crippen molar-refractivity contribution >= 4 is 16.9 Å². The van der Waals surface area contributed by atoms with Crippen LogP contribution in [0.15, 0.2) is 48.7 Å². The summed E-state index contributed by atoms with van der Waals surface area (Å²) in [6.07, 6.45) is 7.16. The van der Waals surface area contributed by atoms with E-state index in [1.165, 1.54) is 0 Å². The average Bonchev–Trinajstić information content (AvgIpc) is 2.61. The van der Waals surface area contributed by atoms with E-state index in [-0.39, 0.29) is 5.69 Å². The summed E-state index contributed by atoms with van der Waals surface area (Å²) in [4.78, 5) is 20.9. The summed E-state index contributed by atoms with van der Waals surface area (Å²) in [6.45, 7) is 2.06. The van der Waals surface area contributed by atoms with Crippen LogP contribution in [0.4, 0.5) is 0 Å². The highest BCUT2D eigenvalue weighted by Crippen LogP contribution is 2.26. The predicted octanol–water partition coefficient (Wildman–Crippen LogP) is 3.45. The van der Waals surface area contributed by atoms with Crippen LogP contribution in [0.3, 0.4) is 0 Å². The molecule has 0 bridgehead atoms. The normalized spacial score (nSPS) is 10.3. The molecular weight excluding hydrogens is 288 g/mol. The fourth-order valence-corrected chi connectivity index (χ4v) is 2.35. The lowest BCUT2D eigenvalue weighted by atomic mass is 10.0. The number of aromatic nitrogens is 2. The van der Waals surface area contributed by atoms with Crippen LogP contribution >= 0.6 is 0 Å². The molecule has 0 radical (unpaired) electrons. The number of nitrogens with zero attached hydrogens (tertiary/aromatic N) is 2. The van der Waals surface area contributed by atoms with Crippen LogP contribution in [0.5, 0.6) is 0 Å². The Bertz CT molecular complexity index is 926. The van der Waals surface area contributed by atoms with E-state index in [0.717, 1.165) is 22.0 Å². The summed E-state index contributed by atoms with van der Waals surface area (Å²) in [5, 5.41) is 0.826. The van der Waals surface area contributed by atoms with Gasteiger partial charge in [-0.1, -0.05) is 24.1 Å². The van der Waals surface area contributed by atoms with Gasteiger partial charge in [-0.25, -0.2) is 9.78 Å². The zero-order valence-corrected chi connectivity index (χ0v) is 12.6. The molecule has 2 heterocycles. The molecule has 2 aromatic heterocycles. The third-order valence-electron chi connectivity index (χ3n) is 3.37. The van der Waals surface area contributed by atoms with Crippen molar-refractivity contribution in [2.45, 2.75) is 6.92 Å². The third kappa shape index (κ3) is 2.90. The van der Waals surface area contributed by atoms with E-state index in [1.807, 2.05) is 36.4 Å². The van der Waals surface area contributed by atoms with Gasteiger partial charge in [0.2, 0.25) is 0 Å². The smallest absolute Gasteiger partial charge is 0.356 e. The molecule has 0 saturated carbocycles. The second kappa shape index (κ2) is 6.29. The largest absolute Gasteiger partial charge is 0.461 e. The van der Waals surface area contributed by atoms with Gasteiger partial charge in [-0.2, -0.15) is 0 Å². The highest BCUT2D eigenvalue weighted by Gasteiger charge is 2.15. The van der Waals surface area contributed by atoms with Gasteiger partial charge in [-0.15, -0.1) is 6.42 Å². The first kappa shape index (κ1) is 14.7. The molecule has 0 aliphatic carbocycles. The van der Waals surface area contributed by atoms with Gasteiger partial charge in [-0.05, 0) is 31.2 Å². The SMILES string of the molecule is C#Cc1cccc(-c2nc(C(=O)OCC)cc3cccnc23)c1. The molecule has 0 unspecified atom stereocenters. The van der Waals surface area contributed by atoms with E-state index in [0.29, 0.717) is 12.3 Å². The molecule has 0 fully saturated rings. The molecular formula is C19H14N2O2. The van der Waals surface area contributed by atoms with Crippen LogP contribution in [0.2, 0.25) is 0 Å². The minimum atomic E-state index is -0.451. The summed E-state index contributed by atoms with van der Waals surface area (Å²) in [5.41, 5.74) is 3.15. The lowest BCUT2D eigenvalue weighted by Crippen LogP contribution is -2.08. The summed E-state index contributed by atoms with van der Waals surface area (Å²) in [6, 6.07) is 12.8. The van der Waals surface area contributed by atoms with Crippen molar-refractivity contribution in [2.24, 2.45) is 0 Å². The van der Waals surface area contributed by atoms with Crippen LogP contribution in [0, 0.1) is 12.3 Å². The second-order valence-corrected chi connectivity index (χ2v) is 4.88. The molecule has 0 amide bonds. The van der Waals surface area contributed by atoms with Crippen LogP contribution in [-0.2, 0) is 4.74 Å². The Balaban J connectivity index is 2.25. The number of rotatable bonds is 3. The first-order valence-corrected chi connectivity index (χ1v) is 7.23. The number of pyridine rings is 2. The van der Waals surface area contributed by atoms with Gasteiger partial charge in [0.1, 0.15) is 5.69 Å². The molecule has 3 aromatic rings. The number of hydrogen-bond donors (Lipinski definition) is 0. The second-order valence-electron chi connectivity index (χ2n) is 4.88. The molecule has 0 atom stereocenters. The van der Waals surface area contributed by atoms with Gasteiger partial charge >= 0.3 is 5.97 Å². The lowest BCUT2D eigenvalue weighted by Gasteiger charge is -2.09. The minimum absolute atomic E-state index is 0.258. The first-order valence-electron chi connectivity index (χ1n) is 7.23. The number of esters is 1. The Morgan fingerprint density at radius 3 is 2.91 bits per heavy atom. The predicted molar refractivity (Wildman–Crippen MR) is 88.9 cm³/mol. The molecule has 1 aromatic carbocycles. The van der Waals surface area contributed by atoms with E-state index in [1.54, 1.807) is 19.2 Å². The van der Waals surface area contributed by atoms with Crippen molar-refractivity contribution < 1.29 is 9.53 Å². The molecule has 3 rings (SSSR count). The number of carbonyl (C=O) groups excluding carboxylic acids is 1. The van der Waals surface area contributed by atoms with Crippen LogP contribution in [-0.4, -0.2) is 22.5 Å². The summed E-state index contributed by atoms with van der Waals surface area (Å²) in [5.74, 6) is 2.15. The Hall–Kier alpha value is -3.19. The maximum absolute atomic E-state index is 12.1. The van der Waals surface area contributed by atoms with Crippen molar-refractivity contribution in [2.75, 3.05) is 6.61 Å². The standard InChI is InChI=1S/C19H14N2O2/c1-3-13-7-5-8-14(11-13)18-17-15(9-6-10-20-17)12-16(21-18)19(22)23-4-2/h1,5-12H,4H2,2H3. The molecule has 112 valence electrons. The number of ether oxygens (including phenoxy) is 1. The Kier molecular flexibility index (Phi) is 4.03. The number of hydrogen-bond acceptors (Lipinski definition) is 4. The molecule has 4 nitrogen and oxygen atoms in total. The molecule has 0 N–H and O–H groups in total. The fourth-order valence-electron chi connectivity index (χ4n) is 2.35. The third-order valence-corrected chi connectivity index (χ3v) is 3.37. The van der Waals surface area contributed by atoms with Gasteiger partial charge in [0.05, 0.1) is 17.8 Å². The number of carbonyl (C=O) groups is 1. The Morgan fingerprint density at radius 1 is 1.26 bits per heavy atom. The summed E-state index contributed by atoms with van der Waals surface area (Å²) < 4.78 is 5.06. The maximum Gasteiger partial charge on any atom is 0.356 e.